The quantitative estimate of drug-likeness (QED) is 0.238. The van der Waals surface area contributed by atoms with Crippen LogP contribution in [-0.4, -0.2) is 22.8 Å². The Morgan fingerprint density at radius 1 is 0.640 bits per heavy atom. The average Bonchev–Trinajstić information content (AvgIpc) is 2.60. The zero-order chi connectivity index (χ0) is 18.6. The fourth-order valence-electron chi connectivity index (χ4n) is 3.49. The first-order chi connectivity index (χ1) is 12.2. The molecular formula is C22H44O3. The predicted molar refractivity (Wildman–Crippen MR) is 107 cm³/mol. The van der Waals surface area contributed by atoms with Crippen molar-refractivity contribution in [1.29, 1.82) is 0 Å². The van der Waals surface area contributed by atoms with Crippen LogP contribution in [0.3, 0.4) is 0 Å². The standard InChI is InChI=1S/C22H44O3/c1-2-3-4-5-6-7-8-9-10-11-12-13-14-15-16-17-18-21(19-20-23)22(24)25/h21,23H,2-20H2,1H3,(H,24,25). The largest absolute Gasteiger partial charge is 0.481 e. The van der Waals surface area contributed by atoms with Crippen molar-refractivity contribution in [3.05, 3.63) is 0 Å². The van der Waals surface area contributed by atoms with Gasteiger partial charge in [-0.2, -0.15) is 0 Å². The van der Waals surface area contributed by atoms with Crippen molar-refractivity contribution < 1.29 is 15.0 Å². The molecule has 0 aromatic rings. The normalized spacial score (nSPS) is 12.4. The highest BCUT2D eigenvalue weighted by molar-refractivity contribution is 5.69. The van der Waals surface area contributed by atoms with Gasteiger partial charge >= 0.3 is 5.97 Å². The summed E-state index contributed by atoms with van der Waals surface area (Å²) < 4.78 is 0. The van der Waals surface area contributed by atoms with Gasteiger partial charge in [0.2, 0.25) is 0 Å². The molecule has 0 aliphatic heterocycles. The van der Waals surface area contributed by atoms with Crippen LogP contribution in [0.25, 0.3) is 0 Å². The third kappa shape index (κ3) is 18.0. The fraction of sp³-hybridized carbons (Fsp3) is 0.955. The Labute approximate surface area is 156 Å². The Kier molecular flexibility index (Phi) is 19.3. The van der Waals surface area contributed by atoms with E-state index in [1.54, 1.807) is 0 Å². The van der Waals surface area contributed by atoms with E-state index in [1.165, 1.54) is 89.9 Å². The first kappa shape index (κ1) is 24.4. The molecule has 3 nitrogen and oxygen atoms in total. The smallest absolute Gasteiger partial charge is 0.306 e. The maximum absolute atomic E-state index is 11.0. The number of carboxylic acids is 1. The first-order valence-corrected chi connectivity index (χ1v) is 11.1. The fourth-order valence-corrected chi connectivity index (χ4v) is 3.49. The summed E-state index contributed by atoms with van der Waals surface area (Å²) in [6.45, 7) is 2.25. The number of carbonyl (C=O) groups is 1. The highest BCUT2D eigenvalue weighted by Crippen LogP contribution is 2.16. The average molecular weight is 357 g/mol. The van der Waals surface area contributed by atoms with Crippen molar-refractivity contribution in [2.45, 2.75) is 122 Å². The van der Waals surface area contributed by atoms with E-state index in [2.05, 4.69) is 6.92 Å². The molecule has 0 aromatic heterocycles. The monoisotopic (exact) mass is 356 g/mol. The highest BCUT2D eigenvalue weighted by Gasteiger charge is 2.15. The first-order valence-electron chi connectivity index (χ1n) is 11.1. The molecule has 0 saturated carbocycles. The molecule has 150 valence electrons. The predicted octanol–water partition coefficient (Wildman–Crippen LogP) is 6.72. The number of carboxylic acid groups (broad SMARTS) is 1. The molecule has 25 heavy (non-hydrogen) atoms. The lowest BCUT2D eigenvalue weighted by molar-refractivity contribution is -0.142. The molecule has 1 atom stereocenters. The van der Waals surface area contributed by atoms with Crippen molar-refractivity contribution in [3.8, 4) is 0 Å². The number of unbranched alkanes of at least 4 members (excludes halogenated alkanes) is 15. The van der Waals surface area contributed by atoms with E-state index in [4.69, 9.17) is 10.2 Å². The van der Waals surface area contributed by atoms with Gasteiger partial charge in [0.1, 0.15) is 0 Å². The molecule has 0 aliphatic carbocycles. The van der Waals surface area contributed by atoms with Crippen LogP contribution in [0.15, 0.2) is 0 Å². The molecule has 0 bridgehead atoms. The second-order valence-corrected chi connectivity index (χ2v) is 7.64. The Bertz CT molecular complexity index is 278. The molecule has 0 spiro atoms. The molecule has 0 saturated heterocycles. The van der Waals surface area contributed by atoms with Crippen LogP contribution in [-0.2, 0) is 4.79 Å². The van der Waals surface area contributed by atoms with Crippen molar-refractivity contribution >= 4 is 5.97 Å². The van der Waals surface area contributed by atoms with E-state index in [-0.39, 0.29) is 12.5 Å². The van der Waals surface area contributed by atoms with E-state index >= 15 is 0 Å². The Balaban J connectivity index is 3.17. The molecule has 0 aliphatic rings. The molecule has 0 heterocycles. The Hall–Kier alpha value is -0.570. The lowest BCUT2D eigenvalue weighted by Gasteiger charge is -2.10. The summed E-state index contributed by atoms with van der Waals surface area (Å²) in [5.74, 6) is -1.10. The van der Waals surface area contributed by atoms with Crippen molar-refractivity contribution in [3.63, 3.8) is 0 Å². The summed E-state index contributed by atoms with van der Waals surface area (Å²) in [6.07, 6.45) is 22.5. The SMILES string of the molecule is CCCCCCCCCCCCCCCCCCC(CCO)C(=O)O. The number of hydrogen-bond acceptors (Lipinski definition) is 2. The highest BCUT2D eigenvalue weighted by atomic mass is 16.4. The van der Waals surface area contributed by atoms with E-state index in [0.29, 0.717) is 12.8 Å². The molecule has 0 fully saturated rings. The summed E-state index contributed by atoms with van der Waals surface area (Å²) in [5, 5.41) is 17.9. The molecule has 0 aromatic carbocycles. The van der Waals surface area contributed by atoms with Gasteiger partial charge in [-0.15, -0.1) is 0 Å². The van der Waals surface area contributed by atoms with Crippen LogP contribution in [0.5, 0.6) is 0 Å². The van der Waals surface area contributed by atoms with Crippen molar-refractivity contribution in [1.82, 2.24) is 0 Å². The topological polar surface area (TPSA) is 57.5 Å². The van der Waals surface area contributed by atoms with Gasteiger partial charge in [0.05, 0.1) is 5.92 Å². The summed E-state index contributed by atoms with van der Waals surface area (Å²) >= 11 is 0. The number of aliphatic carboxylic acids is 1. The van der Waals surface area contributed by atoms with Crippen molar-refractivity contribution in [2.24, 2.45) is 5.92 Å². The van der Waals surface area contributed by atoms with E-state index in [9.17, 15) is 4.79 Å². The third-order valence-corrected chi connectivity index (χ3v) is 5.23. The lowest BCUT2D eigenvalue weighted by Crippen LogP contribution is -2.15. The molecule has 0 radical (unpaired) electrons. The van der Waals surface area contributed by atoms with Gasteiger partial charge in [0, 0.05) is 6.61 Å². The zero-order valence-electron chi connectivity index (χ0n) is 16.8. The number of hydrogen-bond donors (Lipinski definition) is 2. The van der Waals surface area contributed by atoms with E-state index in [0.717, 1.165) is 12.8 Å². The minimum atomic E-state index is -0.755. The van der Waals surface area contributed by atoms with Gasteiger partial charge < -0.3 is 10.2 Å². The molecule has 0 amide bonds. The summed E-state index contributed by atoms with van der Waals surface area (Å²) in [5.41, 5.74) is 0. The molecule has 3 heteroatoms. The van der Waals surface area contributed by atoms with Gasteiger partial charge in [-0.25, -0.2) is 0 Å². The summed E-state index contributed by atoms with van der Waals surface area (Å²) in [7, 11) is 0. The van der Waals surface area contributed by atoms with Crippen LogP contribution < -0.4 is 0 Å². The molecule has 2 N–H and O–H groups in total. The number of aliphatic hydroxyl groups is 1. The summed E-state index contributed by atoms with van der Waals surface area (Å²) in [6, 6.07) is 0. The van der Waals surface area contributed by atoms with Crippen LogP contribution in [0.2, 0.25) is 0 Å². The minimum absolute atomic E-state index is 0.0180. The third-order valence-electron chi connectivity index (χ3n) is 5.23. The van der Waals surface area contributed by atoms with Gasteiger partial charge in [0.25, 0.3) is 0 Å². The molecule has 0 rings (SSSR count). The number of aliphatic hydroxyl groups excluding tert-OH is 1. The van der Waals surface area contributed by atoms with Crippen LogP contribution in [0.4, 0.5) is 0 Å². The van der Waals surface area contributed by atoms with Gasteiger partial charge in [0.15, 0.2) is 0 Å². The number of rotatable bonds is 20. The Morgan fingerprint density at radius 3 is 1.32 bits per heavy atom. The van der Waals surface area contributed by atoms with Gasteiger partial charge in [-0.3, -0.25) is 4.79 Å². The van der Waals surface area contributed by atoms with E-state index in [1.807, 2.05) is 0 Å². The van der Waals surface area contributed by atoms with Gasteiger partial charge in [-0.1, -0.05) is 110 Å². The second kappa shape index (κ2) is 19.8. The second-order valence-electron chi connectivity index (χ2n) is 7.64. The summed E-state index contributed by atoms with van der Waals surface area (Å²) in [4.78, 5) is 11.0. The van der Waals surface area contributed by atoms with Crippen LogP contribution >= 0.6 is 0 Å². The maximum atomic E-state index is 11.0. The van der Waals surface area contributed by atoms with Gasteiger partial charge in [-0.05, 0) is 12.8 Å². The Morgan fingerprint density at radius 2 is 1.00 bits per heavy atom. The van der Waals surface area contributed by atoms with E-state index < -0.39 is 5.97 Å². The van der Waals surface area contributed by atoms with Crippen LogP contribution in [0.1, 0.15) is 122 Å². The zero-order valence-corrected chi connectivity index (χ0v) is 16.8. The lowest BCUT2D eigenvalue weighted by atomic mass is 9.97. The maximum Gasteiger partial charge on any atom is 0.306 e. The molecule has 1 unspecified atom stereocenters. The minimum Gasteiger partial charge on any atom is -0.481 e. The van der Waals surface area contributed by atoms with Crippen molar-refractivity contribution in [2.75, 3.05) is 6.61 Å². The molecular weight excluding hydrogens is 312 g/mol. The van der Waals surface area contributed by atoms with Crippen LogP contribution in [0, 0.1) is 5.92 Å².